The molecule has 1 aliphatic rings. The number of ketones is 1. The number of thioether (sulfide) groups is 1. The molecule has 1 aromatic carbocycles. The van der Waals surface area contributed by atoms with Gasteiger partial charge in [0.1, 0.15) is 0 Å². The smallest absolute Gasteiger partial charge is 0.161 e. The first-order valence-electron chi connectivity index (χ1n) is 5.23. The van der Waals surface area contributed by atoms with Gasteiger partial charge in [0.15, 0.2) is 5.78 Å². The molecule has 0 saturated carbocycles. The number of benzene rings is 1. The third-order valence-corrected chi connectivity index (χ3v) is 4.82. The van der Waals surface area contributed by atoms with E-state index in [1.165, 1.54) is 10.5 Å². The van der Waals surface area contributed by atoms with Gasteiger partial charge in [-0.15, -0.1) is 11.8 Å². The molecule has 84 valence electrons. The van der Waals surface area contributed by atoms with Crippen molar-refractivity contribution < 1.29 is 4.79 Å². The van der Waals surface area contributed by atoms with E-state index < -0.39 is 0 Å². The number of hydrogen-bond donors (Lipinski definition) is 0. The van der Waals surface area contributed by atoms with Crippen molar-refractivity contribution in [2.45, 2.75) is 23.1 Å². The summed E-state index contributed by atoms with van der Waals surface area (Å²) < 4.78 is 0. The van der Waals surface area contributed by atoms with Gasteiger partial charge in [-0.1, -0.05) is 39.7 Å². The summed E-state index contributed by atoms with van der Waals surface area (Å²) in [5.74, 6) is 1.08. The Kier molecular flexibility index (Phi) is 3.87. The Hall–Kier alpha value is -0.540. The summed E-state index contributed by atoms with van der Waals surface area (Å²) in [6.45, 7) is 2.05. The molecule has 1 aromatic rings. The number of halogens is 1. The van der Waals surface area contributed by atoms with Crippen LogP contribution < -0.4 is 0 Å². The van der Waals surface area contributed by atoms with Crippen LogP contribution in [0.5, 0.6) is 0 Å². The largest absolute Gasteiger partial charge is 0.294 e. The van der Waals surface area contributed by atoms with Crippen LogP contribution in [0.15, 0.2) is 46.4 Å². The summed E-state index contributed by atoms with van der Waals surface area (Å²) in [4.78, 5) is 13.2. The molecule has 0 aliphatic heterocycles. The van der Waals surface area contributed by atoms with Gasteiger partial charge in [0.25, 0.3) is 0 Å². The zero-order valence-corrected chi connectivity index (χ0v) is 11.5. The van der Waals surface area contributed by atoms with E-state index in [1.807, 2.05) is 25.1 Å². The van der Waals surface area contributed by atoms with Crippen LogP contribution in [0.1, 0.15) is 13.3 Å². The molecule has 0 heterocycles. The normalized spacial score (nSPS) is 20.6. The second-order valence-corrected chi connectivity index (χ2v) is 6.01. The van der Waals surface area contributed by atoms with Crippen LogP contribution in [0.4, 0.5) is 0 Å². The molecule has 0 spiro atoms. The van der Waals surface area contributed by atoms with E-state index in [9.17, 15) is 4.79 Å². The molecule has 0 bridgehead atoms. The molecule has 1 aliphatic carbocycles. The predicted molar refractivity (Wildman–Crippen MR) is 72.2 cm³/mol. The van der Waals surface area contributed by atoms with E-state index in [4.69, 9.17) is 0 Å². The number of allylic oxidation sites excluding steroid dienone is 1. The highest BCUT2D eigenvalue weighted by Crippen LogP contribution is 2.32. The number of hydrogen-bond acceptors (Lipinski definition) is 2. The first-order chi connectivity index (χ1) is 7.68. The maximum absolute atomic E-state index is 11.7. The third kappa shape index (κ3) is 2.58. The van der Waals surface area contributed by atoms with E-state index in [-0.39, 0.29) is 4.83 Å². The molecular weight excluding hydrogens is 284 g/mol. The average Bonchev–Trinajstić information content (AvgIpc) is 2.53. The van der Waals surface area contributed by atoms with E-state index >= 15 is 0 Å². The quantitative estimate of drug-likeness (QED) is 0.623. The predicted octanol–water partition coefficient (Wildman–Crippen LogP) is 3.83. The molecule has 2 rings (SSSR count). The van der Waals surface area contributed by atoms with Crippen LogP contribution in [0.2, 0.25) is 0 Å². The maximum atomic E-state index is 11.7. The van der Waals surface area contributed by atoms with Crippen LogP contribution >= 0.6 is 27.7 Å². The lowest BCUT2D eigenvalue weighted by molar-refractivity contribution is -0.114. The van der Waals surface area contributed by atoms with E-state index in [2.05, 4.69) is 28.1 Å². The minimum absolute atomic E-state index is 0.256. The van der Waals surface area contributed by atoms with Crippen LogP contribution in [0.25, 0.3) is 0 Å². The third-order valence-electron chi connectivity index (χ3n) is 2.77. The number of carbonyl (C=O) groups is 1. The molecule has 0 aromatic heterocycles. The molecule has 0 N–H and O–H groups in total. The van der Waals surface area contributed by atoms with Crippen molar-refractivity contribution in [3.05, 3.63) is 41.5 Å². The number of alkyl halides is 1. The second-order valence-electron chi connectivity index (χ2n) is 3.86. The van der Waals surface area contributed by atoms with E-state index in [0.29, 0.717) is 12.2 Å². The minimum Gasteiger partial charge on any atom is -0.294 e. The van der Waals surface area contributed by atoms with Gasteiger partial charge in [-0.2, -0.15) is 0 Å². The Bertz CT molecular complexity index is 425. The van der Waals surface area contributed by atoms with Crippen molar-refractivity contribution >= 4 is 33.5 Å². The molecule has 1 unspecified atom stereocenters. The fourth-order valence-corrected chi connectivity index (χ4v) is 3.33. The molecule has 16 heavy (non-hydrogen) atoms. The van der Waals surface area contributed by atoms with Crippen LogP contribution in [0.3, 0.4) is 0 Å². The van der Waals surface area contributed by atoms with E-state index in [1.54, 1.807) is 11.8 Å². The second kappa shape index (κ2) is 5.19. The first kappa shape index (κ1) is 11.9. The van der Waals surface area contributed by atoms with Crippen molar-refractivity contribution in [3.63, 3.8) is 0 Å². The van der Waals surface area contributed by atoms with Gasteiger partial charge in [0.2, 0.25) is 0 Å². The fraction of sp³-hybridized carbons (Fsp3) is 0.308. The molecule has 0 fully saturated rings. The van der Waals surface area contributed by atoms with E-state index in [0.717, 1.165) is 11.3 Å². The van der Waals surface area contributed by atoms with Crippen molar-refractivity contribution in [1.29, 1.82) is 0 Å². The topological polar surface area (TPSA) is 17.1 Å². The average molecular weight is 297 g/mol. The maximum Gasteiger partial charge on any atom is 0.161 e. The summed E-state index contributed by atoms with van der Waals surface area (Å²) >= 11 is 5.25. The highest BCUT2D eigenvalue weighted by molar-refractivity contribution is 9.09. The first-order valence-corrected chi connectivity index (χ1v) is 7.13. The zero-order valence-electron chi connectivity index (χ0n) is 9.07. The molecule has 1 nitrogen and oxygen atoms in total. The SMILES string of the molecule is CC1=C(CSc2ccccc2)C(=O)CC1Br. The summed E-state index contributed by atoms with van der Waals surface area (Å²) in [7, 11) is 0. The van der Waals surface area contributed by atoms with Crippen molar-refractivity contribution in [1.82, 2.24) is 0 Å². The summed E-state index contributed by atoms with van der Waals surface area (Å²) in [5, 5.41) is 0. The molecule has 1 atom stereocenters. The Morgan fingerprint density at radius 3 is 2.62 bits per heavy atom. The van der Waals surface area contributed by atoms with Crippen LogP contribution in [0, 0.1) is 0 Å². The number of carbonyl (C=O) groups excluding carboxylic acids is 1. The summed E-state index contributed by atoms with van der Waals surface area (Å²) in [6.07, 6.45) is 0.622. The van der Waals surface area contributed by atoms with Gasteiger partial charge < -0.3 is 0 Å². The fourth-order valence-electron chi connectivity index (χ4n) is 1.71. The lowest BCUT2D eigenvalue weighted by Crippen LogP contribution is -1.99. The summed E-state index contributed by atoms with van der Waals surface area (Å²) in [6, 6.07) is 10.2. The monoisotopic (exact) mass is 296 g/mol. The Balaban J connectivity index is 2.04. The highest BCUT2D eigenvalue weighted by Gasteiger charge is 2.27. The summed E-state index contributed by atoms with van der Waals surface area (Å²) in [5.41, 5.74) is 2.20. The standard InChI is InChI=1S/C13H13BrOS/c1-9-11(13(15)7-12(9)14)8-16-10-5-3-2-4-6-10/h2-6,12H,7-8H2,1H3. The molecular formula is C13H13BrOS. The minimum atomic E-state index is 0.256. The van der Waals surface area contributed by atoms with Crippen molar-refractivity contribution in [2.24, 2.45) is 0 Å². The van der Waals surface area contributed by atoms with Gasteiger partial charge in [0.05, 0.1) is 0 Å². The Labute approximate surface area is 108 Å². The highest BCUT2D eigenvalue weighted by atomic mass is 79.9. The number of Topliss-reactive ketones (excluding diaryl/α,β-unsaturated/α-hetero) is 1. The van der Waals surface area contributed by atoms with Gasteiger partial charge >= 0.3 is 0 Å². The van der Waals surface area contributed by atoms with Crippen molar-refractivity contribution in [3.8, 4) is 0 Å². The van der Waals surface area contributed by atoms with Gasteiger partial charge in [0, 0.05) is 27.5 Å². The van der Waals surface area contributed by atoms with Crippen molar-refractivity contribution in [2.75, 3.05) is 5.75 Å². The van der Waals surface area contributed by atoms with Gasteiger partial charge in [-0.05, 0) is 19.1 Å². The molecule has 0 amide bonds. The van der Waals surface area contributed by atoms with Crippen LogP contribution in [-0.4, -0.2) is 16.4 Å². The molecule has 3 heteroatoms. The Morgan fingerprint density at radius 2 is 2.06 bits per heavy atom. The van der Waals surface area contributed by atoms with Gasteiger partial charge in [-0.3, -0.25) is 4.79 Å². The molecule has 0 radical (unpaired) electrons. The van der Waals surface area contributed by atoms with Crippen LogP contribution in [-0.2, 0) is 4.79 Å². The lowest BCUT2D eigenvalue weighted by Gasteiger charge is -2.03. The number of rotatable bonds is 3. The van der Waals surface area contributed by atoms with Gasteiger partial charge in [-0.25, -0.2) is 0 Å². The Morgan fingerprint density at radius 1 is 1.38 bits per heavy atom. The zero-order chi connectivity index (χ0) is 11.5. The molecule has 0 saturated heterocycles. The lowest BCUT2D eigenvalue weighted by atomic mass is 10.2.